The van der Waals surface area contributed by atoms with Crippen molar-refractivity contribution in [2.75, 3.05) is 6.54 Å². The van der Waals surface area contributed by atoms with E-state index < -0.39 is 0 Å². The molecule has 1 amide bonds. The molecule has 0 aliphatic carbocycles. The second-order valence-corrected chi connectivity index (χ2v) is 4.42. The molecule has 5 nitrogen and oxygen atoms in total. The van der Waals surface area contributed by atoms with Crippen LogP contribution in [0.2, 0.25) is 0 Å². The summed E-state index contributed by atoms with van der Waals surface area (Å²) in [6, 6.07) is 8.97. The number of nitrogens with one attached hydrogen (secondary N) is 1. The van der Waals surface area contributed by atoms with Crippen LogP contribution < -0.4 is 5.32 Å². The molecule has 0 aliphatic rings. The summed E-state index contributed by atoms with van der Waals surface area (Å²) in [6.45, 7) is 1.84. The van der Waals surface area contributed by atoms with Crippen LogP contribution >= 0.6 is 0 Å². The molecule has 1 aromatic heterocycles. The Balaban J connectivity index is 1.88. The van der Waals surface area contributed by atoms with Gasteiger partial charge in [-0.2, -0.15) is 0 Å². The maximum absolute atomic E-state index is 12.0. The molecule has 0 aliphatic heterocycles. The van der Waals surface area contributed by atoms with Gasteiger partial charge in [-0.05, 0) is 24.6 Å². The largest absolute Gasteiger partial charge is 0.345 e. The van der Waals surface area contributed by atoms with Crippen LogP contribution in [0.4, 0.5) is 0 Å². The van der Waals surface area contributed by atoms with Crippen LogP contribution in [0, 0.1) is 6.92 Å². The molecular formula is C16H15N3O2. The van der Waals surface area contributed by atoms with E-state index >= 15 is 0 Å². The highest BCUT2D eigenvalue weighted by Crippen LogP contribution is 2.07. The highest BCUT2D eigenvalue weighted by molar-refractivity contribution is 6.02. The summed E-state index contributed by atoms with van der Waals surface area (Å²) in [7, 11) is 0. The minimum atomic E-state index is -0.337. The van der Waals surface area contributed by atoms with Gasteiger partial charge in [-0.3, -0.25) is 9.59 Å². The number of ketones is 1. The van der Waals surface area contributed by atoms with E-state index in [2.05, 4.69) is 15.3 Å². The van der Waals surface area contributed by atoms with Gasteiger partial charge in [-0.1, -0.05) is 24.3 Å². The van der Waals surface area contributed by atoms with Crippen LogP contribution in [0.3, 0.4) is 0 Å². The van der Waals surface area contributed by atoms with E-state index in [1.807, 2.05) is 19.1 Å². The third-order valence-corrected chi connectivity index (χ3v) is 2.88. The molecule has 1 aromatic carbocycles. The molecule has 0 spiro atoms. The molecule has 2 rings (SSSR count). The molecule has 0 saturated carbocycles. The zero-order chi connectivity index (χ0) is 15.1. The molecule has 21 heavy (non-hydrogen) atoms. The van der Waals surface area contributed by atoms with Crippen molar-refractivity contribution in [3.05, 3.63) is 65.8 Å². The van der Waals surface area contributed by atoms with Crippen LogP contribution in [0.5, 0.6) is 0 Å². The normalized spacial score (nSPS) is 10.5. The Kier molecular flexibility index (Phi) is 4.93. The molecular weight excluding hydrogens is 266 g/mol. The Bertz CT molecular complexity index is 666. The average Bonchev–Trinajstić information content (AvgIpc) is 2.52. The molecule has 1 heterocycles. The number of carbonyl (C=O) groups is 2. The number of Topliss-reactive ketones (excluding diaryl/α,β-unsaturated/α-hetero) is 1. The van der Waals surface area contributed by atoms with Crippen LogP contribution in [0.15, 0.2) is 48.9 Å². The predicted octanol–water partition coefficient (Wildman–Crippen LogP) is 1.80. The van der Waals surface area contributed by atoms with Gasteiger partial charge in [0, 0.05) is 17.8 Å². The summed E-state index contributed by atoms with van der Waals surface area (Å²) in [6.07, 6.45) is 5.90. The molecule has 0 atom stereocenters. The SMILES string of the molecule is Cc1ccccc1C(=O)CNC(=O)/C=C/c1ccncn1. The summed E-state index contributed by atoms with van der Waals surface area (Å²) < 4.78 is 0. The first kappa shape index (κ1) is 14.6. The third kappa shape index (κ3) is 4.35. The molecule has 5 heteroatoms. The Morgan fingerprint density at radius 3 is 2.76 bits per heavy atom. The number of amides is 1. The lowest BCUT2D eigenvalue weighted by Crippen LogP contribution is -2.28. The highest BCUT2D eigenvalue weighted by atomic mass is 16.2. The maximum atomic E-state index is 12.0. The van der Waals surface area contributed by atoms with Crippen molar-refractivity contribution in [1.29, 1.82) is 0 Å². The van der Waals surface area contributed by atoms with E-state index in [1.165, 1.54) is 12.4 Å². The highest BCUT2D eigenvalue weighted by Gasteiger charge is 2.08. The Morgan fingerprint density at radius 2 is 2.05 bits per heavy atom. The number of rotatable bonds is 5. The van der Waals surface area contributed by atoms with Gasteiger partial charge < -0.3 is 5.32 Å². The van der Waals surface area contributed by atoms with Crippen molar-refractivity contribution in [2.24, 2.45) is 0 Å². The lowest BCUT2D eigenvalue weighted by atomic mass is 10.1. The molecule has 0 bridgehead atoms. The number of nitrogens with zero attached hydrogens (tertiary/aromatic N) is 2. The molecule has 106 valence electrons. The molecule has 0 fully saturated rings. The predicted molar refractivity (Wildman–Crippen MR) is 79.6 cm³/mol. The van der Waals surface area contributed by atoms with Gasteiger partial charge >= 0.3 is 0 Å². The van der Waals surface area contributed by atoms with Gasteiger partial charge in [0.05, 0.1) is 12.2 Å². The lowest BCUT2D eigenvalue weighted by molar-refractivity contribution is -0.116. The molecule has 0 unspecified atom stereocenters. The minimum absolute atomic E-state index is 0.0300. The van der Waals surface area contributed by atoms with Crippen molar-refractivity contribution < 1.29 is 9.59 Å². The maximum Gasteiger partial charge on any atom is 0.244 e. The molecule has 1 N–H and O–H groups in total. The fourth-order valence-corrected chi connectivity index (χ4v) is 1.77. The zero-order valence-electron chi connectivity index (χ0n) is 11.6. The van der Waals surface area contributed by atoms with E-state index in [4.69, 9.17) is 0 Å². The van der Waals surface area contributed by atoms with Crippen molar-refractivity contribution in [3.8, 4) is 0 Å². The number of hydrogen-bond acceptors (Lipinski definition) is 4. The van der Waals surface area contributed by atoms with Crippen molar-refractivity contribution in [1.82, 2.24) is 15.3 Å². The standard InChI is InChI=1S/C16H15N3O2/c1-12-4-2-3-5-14(12)15(20)10-18-16(21)7-6-13-8-9-17-11-19-13/h2-9,11H,10H2,1H3,(H,18,21)/b7-6+. The van der Waals surface area contributed by atoms with Gasteiger partial charge in [0.15, 0.2) is 5.78 Å². The fraction of sp³-hybridized carbons (Fsp3) is 0.125. The van der Waals surface area contributed by atoms with E-state index in [0.29, 0.717) is 11.3 Å². The first-order valence-electron chi connectivity index (χ1n) is 6.47. The van der Waals surface area contributed by atoms with Gasteiger partial charge in [-0.15, -0.1) is 0 Å². The van der Waals surface area contributed by atoms with E-state index in [-0.39, 0.29) is 18.2 Å². The van der Waals surface area contributed by atoms with Gasteiger partial charge in [0.25, 0.3) is 0 Å². The van der Waals surface area contributed by atoms with Crippen LogP contribution in [-0.4, -0.2) is 28.2 Å². The topological polar surface area (TPSA) is 72.0 Å². The van der Waals surface area contributed by atoms with Gasteiger partial charge in [0.2, 0.25) is 5.91 Å². The van der Waals surface area contributed by atoms with E-state index in [9.17, 15) is 9.59 Å². The third-order valence-electron chi connectivity index (χ3n) is 2.88. The Hall–Kier alpha value is -2.82. The van der Waals surface area contributed by atoms with E-state index in [0.717, 1.165) is 5.56 Å². The van der Waals surface area contributed by atoms with Crippen molar-refractivity contribution in [2.45, 2.75) is 6.92 Å². The molecule has 0 radical (unpaired) electrons. The Morgan fingerprint density at radius 1 is 1.24 bits per heavy atom. The Labute approximate surface area is 122 Å². The van der Waals surface area contributed by atoms with Gasteiger partial charge in [-0.25, -0.2) is 9.97 Å². The van der Waals surface area contributed by atoms with Gasteiger partial charge in [0.1, 0.15) is 6.33 Å². The lowest BCUT2D eigenvalue weighted by Gasteiger charge is -2.04. The zero-order valence-corrected chi connectivity index (χ0v) is 11.6. The summed E-state index contributed by atoms with van der Waals surface area (Å²) >= 11 is 0. The fourth-order valence-electron chi connectivity index (χ4n) is 1.77. The molecule has 2 aromatic rings. The summed E-state index contributed by atoms with van der Waals surface area (Å²) in [5.41, 5.74) is 2.15. The van der Waals surface area contributed by atoms with Crippen molar-refractivity contribution in [3.63, 3.8) is 0 Å². The number of carbonyl (C=O) groups excluding carboxylic acids is 2. The smallest absolute Gasteiger partial charge is 0.244 e. The van der Waals surface area contributed by atoms with Crippen LogP contribution in [0.25, 0.3) is 6.08 Å². The number of aryl methyl sites for hydroxylation is 1. The van der Waals surface area contributed by atoms with Crippen molar-refractivity contribution >= 4 is 17.8 Å². The van der Waals surface area contributed by atoms with E-state index in [1.54, 1.807) is 30.5 Å². The number of aromatic nitrogens is 2. The monoisotopic (exact) mass is 281 g/mol. The van der Waals surface area contributed by atoms with Crippen LogP contribution in [0.1, 0.15) is 21.6 Å². The second kappa shape index (κ2) is 7.09. The summed E-state index contributed by atoms with van der Waals surface area (Å²) in [4.78, 5) is 31.4. The average molecular weight is 281 g/mol. The minimum Gasteiger partial charge on any atom is -0.345 e. The summed E-state index contributed by atoms with van der Waals surface area (Å²) in [5.74, 6) is -0.451. The quantitative estimate of drug-likeness (QED) is 0.670. The number of hydrogen-bond donors (Lipinski definition) is 1. The first-order valence-corrected chi connectivity index (χ1v) is 6.47. The van der Waals surface area contributed by atoms with Crippen LogP contribution in [-0.2, 0) is 4.79 Å². The number of benzene rings is 1. The second-order valence-electron chi connectivity index (χ2n) is 4.42. The summed E-state index contributed by atoms with van der Waals surface area (Å²) in [5, 5.41) is 2.56. The molecule has 0 saturated heterocycles. The first-order chi connectivity index (χ1) is 10.2.